The quantitative estimate of drug-likeness (QED) is 0.365. The van der Waals surface area contributed by atoms with Crippen LogP contribution in [0.1, 0.15) is 107 Å². The number of H-pyrrole nitrogens is 2. The molecule has 1 aliphatic carbocycles. The van der Waals surface area contributed by atoms with Gasteiger partial charge in [-0.05, 0) is 85.0 Å². The monoisotopic (exact) mass is 564 g/mol. The average Bonchev–Trinajstić information content (AvgIpc) is 3.71. The van der Waals surface area contributed by atoms with Crippen molar-refractivity contribution in [2.24, 2.45) is 0 Å². The van der Waals surface area contributed by atoms with Gasteiger partial charge in [0.1, 0.15) is 6.61 Å². The molecule has 10 heteroatoms. The standard InChI is InChI=1S/C32H35B2FN4O3/c1-6-18-14(2)23-11-27-21(13-42-35)16(4)22(37-27)10-24-15(3)19(7-8-29(41)34-33)31(38-24)20-9-28(40)30-17(5)25(39-32(20)30)12-26(18)36-23/h10-12,15,19,34,37,39H,6-9,13,33H2,1-5H3/t15?,19-/m0/s1. The van der Waals surface area contributed by atoms with Crippen LogP contribution in [-0.2, 0) is 22.8 Å². The highest BCUT2D eigenvalue weighted by molar-refractivity contribution is 7.08. The fourth-order valence-electron chi connectivity index (χ4n) is 6.93. The zero-order valence-electron chi connectivity index (χ0n) is 25.1. The Hall–Kier alpha value is -3.78. The van der Waals surface area contributed by atoms with Crippen LogP contribution < -0.4 is 0 Å². The van der Waals surface area contributed by atoms with Crippen LogP contribution in [-0.4, -0.2) is 46.3 Å². The van der Waals surface area contributed by atoms with E-state index < -0.39 is 0 Å². The maximum absolute atomic E-state index is 13.4. The summed E-state index contributed by atoms with van der Waals surface area (Å²) in [4.78, 5) is 47.2. The zero-order valence-corrected chi connectivity index (χ0v) is 25.1. The van der Waals surface area contributed by atoms with Crippen molar-refractivity contribution in [2.45, 2.75) is 78.7 Å². The van der Waals surface area contributed by atoms with Gasteiger partial charge >= 0.3 is 0 Å². The predicted octanol–water partition coefficient (Wildman–Crippen LogP) is 5.59. The predicted molar refractivity (Wildman–Crippen MR) is 168 cm³/mol. The lowest BCUT2D eigenvalue weighted by Gasteiger charge is -2.16. The molecule has 2 atom stereocenters. The van der Waals surface area contributed by atoms with Crippen molar-refractivity contribution in [1.82, 2.24) is 19.9 Å². The Labute approximate surface area is 245 Å². The van der Waals surface area contributed by atoms with E-state index in [0.29, 0.717) is 20.0 Å². The molecule has 0 fully saturated rings. The maximum Gasteiger partial charge on any atom is 0.169 e. The molecule has 2 aliphatic heterocycles. The van der Waals surface area contributed by atoms with Gasteiger partial charge in [0.05, 0.1) is 36.0 Å². The third-order valence-corrected chi connectivity index (χ3v) is 9.56. The first-order valence-corrected chi connectivity index (χ1v) is 14.9. The van der Waals surface area contributed by atoms with Gasteiger partial charge in [-0.25, -0.2) is 4.98 Å². The minimum Gasteiger partial charge on any atom is -0.355 e. The largest absolute Gasteiger partial charge is 0.355 e. The van der Waals surface area contributed by atoms with E-state index in [-0.39, 0.29) is 36.3 Å². The van der Waals surface area contributed by atoms with Crippen molar-refractivity contribution in [3.63, 3.8) is 0 Å². The normalized spacial score (nSPS) is 17.8. The molecule has 6 rings (SSSR count). The van der Waals surface area contributed by atoms with Crippen molar-refractivity contribution < 1.29 is 19.1 Å². The van der Waals surface area contributed by atoms with E-state index in [4.69, 9.17) is 9.97 Å². The van der Waals surface area contributed by atoms with E-state index in [2.05, 4.69) is 35.7 Å². The number of Topliss-reactive ketones (excluding diaryl/α,β-unsaturated/α-hetero) is 1. The summed E-state index contributed by atoms with van der Waals surface area (Å²) in [6.45, 7) is 10.1. The van der Waals surface area contributed by atoms with Crippen molar-refractivity contribution >= 4 is 59.6 Å². The Morgan fingerprint density at radius 3 is 2.55 bits per heavy atom. The summed E-state index contributed by atoms with van der Waals surface area (Å²) in [5, 5.41) is 0. The second kappa shape index (κ2) is 10.8. The van der Waals surface area contributed by atoms with Crippen LogP contribution in [0.5, 0.6) is 0 Å². The van der Waals surface area contributed by atoms with Gasteiger partial charge in [-0.1, -0.05) is 13.8 Å². The number of carbonyl (C=O) groups is 2. The van der Waals surface area contributed by atoms with Gasteiger partial charge in [0.2, 0.25) is 0 Å². The molecule has 0 amide bonds. The van der Waals surface area contributed by atoms with Gasteiger partial charge in [0.15, 0.2) is 13.0 Å². The maximum atomic E-state index is 13.4. The molecule has 2 N–H and O–H groups in total. The number of hydrogen-bond donors (Lipinski definition) is 2. The second-order valence-electron chi connectivity index (χ2n) is 11.8. The molecule has 0 saturated heterocycles. The van der Waals surface area contributed by atoms with Crippen molar-refractivity contribution in [1.29, 1.82) is 0 Å². The van der Waals surface area contributed by atoms with Crippen LogP contribution in [0.25, 0.3) is 33.2 Å². The Kier molecular flexibility index (Phi) is 7.29. The topological polar surface area (TPSA) is 101 Å². The smallest absolute Gasteiger partial charge is 0.169 e. The molecule has 0 spiro atoms. The molecular weight excluding hydrogens is 529 g/mol. The number of rotatable bonds is 7. The molecule has 5 heterocycles. The van der Waals surface area contributed by atoms with Crippen LogP contribution in [0.4, 0.5) is 4.53 Å². The van der Waals surface area contributed by atoms with Crippen LogP contribution in [0.3, 0.4) is 0 Å². The molecule has 3 aliphatic rings. The van der Waals surface area contributed by atoms with Crippen LogP contribution in [0, 0.1) is 13.8 Å². The average molecular weight is 564 g/mol. The number of ketones is 1. The van der Waals surface area contributed by atoms with Crippen molar-refractivity contribution in [2.75, 3.05) is 0 Å². The summed E-state index contributed by atoms with van der Waals surface area (Å²) in [6.07, 6.45) is 2.22. The molecule has 214 valence electrons. The van der Waals surface area contributed by atoms with Gasteiger partial charge in [-0.3, -0.25) is 9.78 Å². The van der Waals surface area contributed by atoms with E-state index in [1.165, 1.54) is 0 Å². The SMILES string of the molecule is BBC(=O)CC[C@@H]1c2nc(cc3[nH]c(cc4nc(cc5[nH]c6c2CC(=O)c6c5C)C(CC)=C4C)c(COF)c3C)C1C. The summed E-state index contributed by atoms with van der Waals surface area (Å²) in [6, 6.07) is 6.02. The fourth-order valence-corrected chi connectivity index (χ4v) is 6.93. The molecule has 8 bridgehead atoms. The van der Waals surface area contributed by atoms with Crippen LogP contribution in [0.2, 0.25) is 0 Å². The first-order chi connectivity index (χ1) is 20.2. The number of carbonyl (C=O) groups excluding carboxylic acids is 2. The molecular formula is C32H35B2FN4O3. The fraction of sp³-hybridized carbons (Fsp3) is 0.375. The molecule has 7 nitrogen and oxygen atoms in total. The first kappa shape index (κ1) is 28.3. The van der Waals surface area contributed by atoms with E-state index in [0.717, 1.165) is 90.2 Å². The molecule has 3 aromatic rings. The summed E-state index contributed by atoms with van der Waals surface area (Å²) >= 11 is 0. The van der Waals surface area contributed by atoms with Gasteiger partial charge in [-0.15, -0.1) is 0 Å². The number of aryl methyl sites for hydroxylation is 2. The first-order valence-electron chi connectivity index (χ1n) is 14.9. The molecule has 1 unspecified atom stereocenters. The lowest BCUT2D eigenvalue weighted by molar-refractivity contribution is -0.143. The summed E-state index contributed by atoms with van der Waals surface area (Å²) in [5.74, 6) is 0.108. The minimum absolute atomic E-state index is 0.00427. The number of fused-ring (bicyclic) bond motifs is 8. The lowest BCUT2D eigenvalue weighted by atomic mass is 9.52. The number of nitrogens with one attached hydrogen (secondary N) is 2. The second-order valence-corrected chi connectivity index (χ2v) is 11.8. The highest BCUT2D eigenvalue weighted by Gasteiger charge is 2.35. The van der Waals surface area contributed by atoms with Crippen molar-refractivity contribution in [3.05, 3.63) is 68.8 Å². The third kappa shape index (κ3) is 4.47. The Morgan fingerprint density at radius 2 is 1.83 bits per heavy atom. The molecule has 0 saturated carbocycles. The van der Waals surface area contributed by atoms with Gasteiger partial charge in [0.25, 0.3) is 0 Å². The molecule has 0 aromatic carbocycles. The number of halogens is 1. The van der Waals surface area contributed by atoms with E-state index >= 15 is 0 Å². The molecule has 3 aromatic heterocycles. The zero-order chi connectivity index (χ0) is 29.9. The van der Waals surface area contributed by atoms with E-state index in [9.17, 15) is 14.1 Å². The summed E-state index contributed by atoms with van der Waals surface area (Å²) in [7, 11) is 2.39. The highest BCUT2D eigenvalue weighted by Crippen LogP contribution is 2.44. The van der Waals surface area contributed by atoms with Gasteiger partial charge in [-0.2, -0.15) is 4.94 Å². The van der Waals surface area contributed by atoms with Gasteiger partial charge in [0, 0.05) is 57.2 Å². The molecule has 42 heavy (non-hydrogen) atoms. The van der Waals surface area contributed by atoms with Crippen molar-refractivity contribution in [3.8, 4) is 0 Å². The minimum atomic E-state index is -0.185. The molecule has 0 radical (unpaired) electrons. The number of aromatic nitrogens is 4. The Morgan fingerprint density at radius 1 is 1.10 bits per heavy atom. The Bertz CT molecular complexity index is 1860. The summed E-state index contributed by atoms with van der Waals surface area (Å²) < 4.78 is 13.3. The third-order valence-electron chi connectivity index (χ3n) is 9.56. The van der Waals surface area contributed by atoms with Crippen LogP contribution in [0.15, 0.2) is 18.2 Å². The summed E-state index contributed by atoms with van der Waals surface area (Å²) in [5.41, 5.74) is 13.3. The highest BCUT2D eigenvalue weighted by atomic mass is 19.3. The number of allylic oxidation sites excluding steroid dienone is 2. The van der Waals surface area contributed by atoms with E-state index in [1.54, 1.807) is 0 Å². The Balaban J connectivity index is 1.73. The number of nitrogens with zero attached hydrogens (tertiary/aromatic N) is 2. The van der Waals surface area contributed by atoms with Crippen LogP contribution >= 0.6 is 0 Å². The number of hydrogen-bond acceptors (Lipinski definition) is 5. The number of aromatic amines is 2. The van der Waals surface area contributed by atoms with Gasteiger partial charge < -0.3 is 14.8 Å². The lowest BCUT2D eigenvalue weighted by Crippen LogP contribution is -2.12. The van der Waals surface area contributed by atoms with E-state index in [1.807, 2.05) is 39.8 Å².